The van der Waals surface area contributed by atoms with Gasteiger partial charge in [-0.25, -0.2) is 0 Å². The minimum atomic E-state index is -0.437. The van der Waals surface area contributed by atoms with Crippen molar-refractivity contribution in [3.8, 4) is 0 Å². The van der Waals surface area contributed by atoms with E-state index in [4.69, 9.17) is 0 Å². The molecule has 2 unspecified atom stereocenters. The van der Waals surface area contributed by atoms with Crippen LogP contribution in [0.15, 0.2) is 57.5 Å². The van der Waals surface area contributed by atoms with Crippen LogP contribution >= 0.6 is 0 Å². The van der Waals surface area contributed by atoms with E-state index in [1.165, 1.54) is 11.1 Å². The Morgan fingerprint density at radius 1 is 1.26 bits per heavy atom. The van der Waals surface area contributed by atoms with E-state index < -0.39 is 5.41 Å². The van der Waals surface area contributed by atoms with Crippen LogP contribution in [0.1, 0.15) is 70.9 Å². The predicted octanol–water partition coefficient (Wildman–Crippen LogP) is 5.38. The quantitative estimate of drug-likeness (QED) is 0.784. The summed E-state index contributed by atoms with van der Waals surface area (Å²) in [5.74, 6) is 0.703. The van der Waals surface area contributed by atoms with Gasteiger partial charge in [0.1, 0.15) is 0 Å². The molecule has 1 aromatic rings. The van der Waals surface area contributed by atoms with Crippen molar-refractivity contribution in [3.05, 3.63) is 58.4 Å². The standard InChI is InChI=1S/C23H29N3O/c1-6-23(16-9-7-8-15(10-16)14(2)3)17-13-24-26-21(17)25-18-11-22(4,5)12-19(27)20(18)23/h7-10,13-14,21,25H,6,11-12H2,1-5H3. The first kappa shape index (κ1) is 18.1. The smallest absolute Gasteiger partial charge is 0.164 e. The highest BCUT2D eigenvalue weighted by molar-refractivity contribution is 6.01. The van der Waals surface area contributed by atoms with Gasteiger partial charge in [0.05, 0.1) is 11.6 Å². The fourth-order valence-corrected chi connectivity index (χ4v) is 5.05. The zero-order valence-electron chi connectivity index (χ0n) is 17.0. The maximum atomic E-state index is 13.4. The van der Waals surface area contributed by atoms with Gasteiger partial charge in [-0.3, -0.25) is 4.79 Å². The number of rotatable bonds is 3. The maximum Gasteiger partial charge on any atom is 0.164 e. The fourth-order valence-electron chi connectivity index (χ4n) is 5.05. The number of hydrogen-bond acceptors (Lipinski definition) is 4. The van der Waals surface area contributed by atoms with Crippen molar-refractivity contribution in [2.24, 2.45) is 15.6 Å². The van der Waals surface area contributed by atoms with Crippen molar-refractivity contribution >= 4 is 5.78 Å². The summed E-state index contributed by atoms with van der Waals surface area (Å²) in [6.45, 7) is 10.9. The highest BCUT2D eigenvalue weighted by atomic mass is 16.1. The number of Topliss-reactive ketones (excluding diaryl/α,β-unsaturated/α-hetero) is 1. The number of carbonyl (C=O) groups excluding carboxylic acids is 1. The largest absolute Gasteiger partial charge is 0.362 e. The topological polar surface area (TPSA) is 53.8 Å². The number of carbonyl (C=O) groups is 1. The van der Waals surface area contributed by atoms with Gasteiger partial charge < -0.3 is 5.32 Å². The first-order chi connectivity index (χ1) is 12.8. The molecule has 2 atom stereocenters. The van der Waals surface area contributed by atoms with Crippen molar-refractivity contribution < 1.29 is 4.79 Å². The average Bonchev–Trinajstić information content (AvgIpc) is 3.07. The molecule has 27 heavy (non-hydrogen) atoms. The molecule has 1 aliphatic carbocycles. The van der Waals surface area contributed by atoms with Crippen LogP contribution in [0.5, 0.6) is 0 Å². The molecule has 0 saturated heterocycles. The molecule has 2 heterocycles. The van der Waals surface area contributed by atoms with E-state index in [0.29, 0.717) is 12.3 Å². The van der Waals surface area contributed by atoms with Crippen LogP contribution in [-0.4, -0.2) is 11.9 Å². The molecule has 0 saturated carbocycles. The monoisotopic (exact) mass is 363 g/mol. The molecule has 0 amide bonds. The molecule has 1 aromatic carbocycles. The Bertz CT molecular complexity index is 891. The lowest BCUT2D eigenvalue weighted by Crippen LogP contribution is -2.51. The van der Waals surface area contributed by atoms with Gasteiger partial charge in [-0.2, -0.15) is 10.2 Å². The van der Waals surface area contributed by atoms with Crippen molar-refractivity contribution in [1.82, 2.24) is 5.32 Å². The molecular weight excluding hydrogens is 334 g/mol. The Hall–Kier alpha value is -2.23. The molecule has 0 radical (unpaired) electrons. The maximum absolute atomic E-state index is 13.4. The van der Waals surface area contributed by atoms with Crippen LogP contribution < -0.4 is 5.32 Å². The second-order valence-electron chi connectivity index (χ2n) is 9.20. The number of fused-ring (bicyclic) bond motifs is 1. The van der Waals surface area contributed by atoms with E-state index in [1.54, 1.807) is 0 Å². The third-order valence-electron chi connectivity index (χ3n) is 6.36. The van der Waals surface area contributed by atoms with Gasteiger partial charge in [0.15, 0.2) is 11.9 Å². The average molecular weight is 364 g/mol. The fraction of sp³-hybridized carbons (Fsp3) is 0.522. The third-order valence-corrected chi connectivity index (χ3v) is 6.36. The summed E-state index contributed by atoms with van der Waals surface area (Å²) < 4.78 is 0. The van der Waals surface area contributed by atoms with Gasteiger partial charge in [-0.15, -0.1) is 0 Å². The number of benzene rings is 1. The predicted molar refractivity (Wildman–Crippen MR) is 107 cm³/mol. The van der Waals surface area contributed by atoms with Crippen LogP contribution in [0.2, 0.25) is 0 Å². The summed E-state index contributed by atoms with van der Waals surface area (Å²) in [5.41, 5.74) is 5.15. The second kappa shape index (κ2) is 6.15. The summed E-state index contributed by atoms with van der Waals surface area (Å²) in [7, 11) is 0. The van der Waals surface area contributed by atoms with Gasteiger partial charge in [0.25, 0.3) is 0 Å². The molecule has 3 aliphatic rings. The molecule has 4 nitrogen and oxygen atoms in total. The molecule has 1 N–H and O–H groups in total. The lowest BCUT2D eigenvalue weighted by molar-refractivity contribution is -0.119. The molecule has 0 bridgehead atoms. The lowest BCUT2D eigenvalue weighted by Gasteiger charge is -2.48. The second-order valence-corrected chi connectivity index (χ2v) is 9.20. The van der Waals surface area contributed by atoms with Crippen molar-refractivity contribution in [2.45, 2.75) is 71.4 Å². The van der Waals surface area contributed by atoms with Gasteiger partial charge >= 0.3 is 0 Å². The Morgan fingerprint density at radius 2 is 2.04 bits per heavy atom. The Morgan fingerprint density at radius 3 is 2.74 bits per heavy atom. The third kappa shape index (κ3) is 2.69. The summed E-state index contributed by atoms with van der Waals surface area (Å²) >= 11 is 0. The SMILES string of the molecule is CCC1(c2cccc(C(C)C)c2)C2=CN=NC2NC2=C1C(=O)CC(C)(C)C2. The number of hydrogen-bond donors (Lipinski definition) is 1. The van der Waals surface area contributed by atoms with E-state index in [9.17, 15) is 4.79 Å². The van der Waals surface area contributed by atoms with Gasteiger partial charge in [-0.1, -0.05) is 58.9 Å². The van der Waals surface area contributed by atoms with Crippen LogP contribution in [0.25, 0.3) is 0 Å². The van der Waals surface area contributed by atoms with Gasteiger partial charge in [0.2, 0.25) is 0 Å². The molecule has 142 valence electrons. The van der Waals surface area contributed by atoms with E-state index in [1.807, 2.05) is 6.20 Å². The molecule has 2 aliphatic heterocycles. The minimum absolute atomic E-state index is 0.0286. The highest BCUT2D eigenvalue weighted by Gasteiger charge is 2.52. The van der Waals surface area contributed by atoms with E-state index >= 15 is 0 Å². The summed E-state index contributed by atoms with van der Waals surface area (Å²) in [4.78, 5) is 13.4. The number of nitrogens with zero attached hydrogens (tertiary/aromatic N) is 2. The zero-order valence-corrected chi connectivity index (χ0v) is 17.0. The molecule has 0 fully saturated rings. The Labute approximate surface area is 161 Å². The van der Waals surface area contributed by atoms with Crippen molar-refractivity contribution in [1.29, 1.82) is 0 Å². The number of nitrogens with one attached hydrogen (secondary N) is 1. The van der Waals surface area contributed by atoms with Crippen molar-refractivity contribution in [2.75, 3.05) is 0 Å². The number of allylic oxidation sites excluding steroid dienone is 2. The molecular formula is C23H29N3O. The van der Waals surface area contributed by atoms with Gasteiger partial charge in [-0.05, 0) is 35.3 Å². The normalized spacial score (nSPS) is 28.7. The lowest BCUT2D eigenvalue weighted by atomic mass is 9.58. The molecule has 0 spiro atoms. The van der Waals surface area contributed by atoms with Gasteiger partial charge in [0, 0.05) is 23.3 Å². The number of ketones is 1. The minimum Gasteiger partial charge on any atom is -0.362 e. The molecule has 4 rings (SSSR count). The highest BCUT2D eigenvalue weighted by Crippen LogP contribution is 2.53. The number of azo groups is 1. The Balaban J connectivity index is 1.98. The summed E-state index contributed by atoms with van der Waals surface area (Å²) in [5, 5.41) is 12.2. The summed E-state index contributed by atoms with van der Waals surface area (Å²) in [6.07, 6.45) is 4.01. The van der Waals surface area contributed by atoms with Crippen LogP contribution in [0, 0.1) is 5.41 Å². The first-order valence-electron chi connectivity index (χ1n) is 10.0. The summed E-state index contributed by atoms with van der Waals surface area (Å²) in [6, 6.07) is 8.76. The zero-order chi connectivity index (χ0) is 19.4. The van der Waals surface area contributed by atoms with Crippen LogP contribution in [0.3, 0.4) is 0 Å². The van der Waals surface area contributed by atoms with Crippen LogP contribution in [-0.2, 0) is 10.2 Å². The van der Waals surface area contributed by atoms with Crippen LogP contribution in [0.4, 0.5) is 0 Å². The Kier molecular flexibility index (Phi) is 4.13. The van der Waals surface area contributed by atoms with E-state index in [-0.39, 0.29) is 17.4 Å². The van der Waals surface area contributed by atoms with E-state index in [0.717, 1.165) is 29.7 Å². The molecule has 0 aromatic heterocycles. The van der Waals surface area contributed by atoms with Crippen molar-refractivity contribution in [3.63, 3.8) is 0 Å². The molecule has 4 heteroatoms. The van der Waals surface area contributed by atoms with E-state index in [2.05, 4.69) is 74.4 Å². The first-order valence-corrected chi connectivity index (χ1v) is 10.0.